The Morgan fingerprint density at radius 3 is 1.62 bits per heavy atom. The van der Waals surface area contributed by atoms with Gasteiger partial charge in [-0.15, -0.1) is 11.6 Å². The number of benzene rings is 6. The number of halogens is 1. The van der Waals surface area contributed by atoms with Crippen molar-refractivity contribution in [2.75, 3.05) is 34.2 Å². The van der Waals surface area contributed by atoms with E-state index in [4.69, 9.17) is 51.6 Å². The SMILES string of the molecule is Nc1cc(S(=O)(=O)O)cc2cc(S(=O)(=O)O)cc(O)c12.Nc1ccc(NC(=O)c2ccc(CS(=O)(=O)CCCl)cc2)cc1S(=O)(=O)O.Nc1ccc2c(S(=O)(=O)O)cccc2c1S(=O)(=O)O. The van der Waals surface area contributed by atoms with E-state index in [1.54, 1.807) is 0 Å². The van der Waals surface area contributed by atoms with Crippen molar-refractivity contribution < 1.29 is 83.2 Å². The molecule has 356 valence electrons. The Hall–Kier alpha value is -5.70. The molecular weight excluding hydrogens is 1020 g/mol. The van der Waals surface area contributed by atoms with Crippen molar-refractivity contribution >= 4 is 122 Å². The van der Waals surface area contributed by atoms with E-state index >= 15 is 0 Å². The third-order valence-electron chi connectivity index (χ3n) is 8.68. The number of hydrogen-bond acceptors (Lipinski definition) is 17. The smallest absolute Gasteiger partial charge is 0.297 e. The van der Waals surface area contributed by atoms with E-state index in [1.165, 1.54) is 54.6 Å². The summed E-state index contributed by atoms with van der Waals surface area (Å²) < 4.78 is 180. The monoisotopic (exact) mass is 1050 g/mol. The Balaban J connectivity index is 0.000000221. The lowest BCUT2D eigenvalue weighted by Crippen LogP contribution is -2.14. The Morgan fingerprint density at radius 2 is 1.11 bits per heavy atom. The number of phenols is 1. The highest BCUT2D eigenvalue weighted by Crippen LogP contribution is 2.35. The zero-order valence-corrected chi connectivity index (χ0v) is 38.6. The molecule has 1 amide bonds. The molecule has 6 aromatic carbocycles. The lowest BCUT2D eigenvalue weighted by Gasteiger charge is -2.09. The molecule has 0 saturated heterocycles. The van der Waals surface area contributed by atoms with E-state index in [9.17, 15) is 60.4 Å². The minimum absolute atomic E-state index is 0.00444. The molecule has 6 rings (SSSR count). The molecule has 0 heterocycles. The van der Waals surface area contributed by atoms with Crippen molar-refractivity contribution in [1.82, 2.24) is 0 Å². The summed E-state index contributed by atoms with van der Waals surface area (Å²) in [6.45, 7) is 0. The maximum Gasteiger partial charge on any atom is 0.297 e. The molecule has 0 bridgehead atoms. The molecule has 23 nitrogen and oxygen atoms in total. The number of fused-ring (bicyclic) bond motifs is 2. The number of rotatable bonds is 11. The van der Waals surface area contributed by atoms with Gasteiger partial charge >= 0.3 is 0 Å². The Kier molecular flexibility index (Phi) is 15.7. The molecule has 0 fully saturated rings. The number of anilines is 4. The van der Waals surface area contributed by atoms with Crippen LogP contribution in [0.25, 0.3) is 21.5 Å². The Bertz CT molecular complexity index is 3520. The molecule has 6 aromatic rings. The first-order valence-corrected chi connectivity index (χ1v) is 27.0. The van der Waals surface area contributed by atoms with E-state index in [-0.39, 0.29) is 67.2 Å². The van der Waals surface area contributed by atoms with E-state index in [0.29, 0.717) is 5.56 Å². The van der Waals surface area contributed by atoms with E-state index in [2.05, 4.69) is 5.32 Å². The predicted molar refractivity (Wildman–Crippen MR) is 241 cm³/mol. The molecule has 0 spiro atoms. The zero-order chi connectivity index (χ0) is 50.0. The Morgan fingerprint density at radius 1 is 0.561 bits per heavy atom. The molecule has 0 radical (unpaired) electrons. The van der Waals surface area contributed by atoms with Gasteiger partial charge in [0.15, 0.2) is 9.84 Å². The molecule has 0 saturated carbocycles. The van der Waals surface area contributed by atoms with Crippen LogP contribution in [-0.2, 0) is 66.2 Å². The quantitative estimate of drug-likeness (QED) is 0.0504. The standard InChI is InChI=1S/C16H17ClN2O6S2.C10H9NO7S2.C10H9NO6S2/c17-7-8-26(21,22)10-11-1-3-12(4-2-11)16(20)19-13-5-6-14(18)15(9-13)27(23,24)25;11-8-3-6(19(13,14)15)1-5-2-7(20(16,17)18)4-9(12)10(5)8;11-8-5-4-6-7(10(8)19(15,16)17)2-1-3-9(6)18(12,13)14/h1-6,9H,7-8,10,18H2,(H,19,20)(H,23,24,25);1-4,12H,11H2,(H,13,14,15)(H,16,17,18);1-5H,11H2,(H,12,13,14)(H,15,16,17). The third-order valence-corrected chi connectivity index (χ3v) is 15.1. The van der Waals surface area contributed by atoms with Gasteiger partial charge in [0, 0.05) is 45.0 Å². The summed E-state index contributed by atoms with van der Waals surface area (Å²) in [6, 6.07) is 19.1. The summed E-state index contributed by atoms with van der Waals surface area (Å²) in [6.07, 6.45) is 0. The van der Waals surface area contributed by atoms with E-state index in [1.807, 2.05) is 0 Å². The third kappa shape index (κ3) is 13.4. The summed E-state index contributed by atoms with van der Waals surface area (Å²) in [5, 5.41) is 12.0. The number of nitrogens with one attached hydrogen (secondary N) is 1. The maximum absolute atomic E-state index is 12.3. The summed E-state index contributed by atoms with van der Waals surface area (Å²) in [4.78, 5) is 9.51. The fraction of sp³-hybridized carbons (Fsp3) is 0.0833. The van der Waals surface area contributed by atoms with Crippen LogP contribution in [0.15, 0.2) is 122 Å². The lowest BCUT2D eigenvalue weighted by atomic mass is 10.1. The second-order valence-corrected chi connectivity index (χ2v) is 23.0. The molecule has 0 aliphatic rings. The van der Waals surface area contributed by atoms with Crippen LogP contribution in [0.1, 0.15) is 15.9 Å². The van der Waals surface area contributed by atoms with Crippen LogP contribution in [-0.4, -0.2) is 95.9 Å². The van der Waals surface area contributed by atoms with Crippen molar-refractivity contribution in [2.45, 2.75) is 30.2 Å². The first-order valence-electron chi connectivity index (χ1n) is 17.4. The van der Waals surface area contributed by atoms with Gasteiger partial charge in [0.2, 0.25) is 0 Å². The normalized spacial score (nSPS) is 12.4. The van der Waals surface area contributed by atoms with Gasteiger partial charge in [0.05, 0.1) is 32.7 Å². The number of alkyl halides is 1. The number of carbonyl (C=O) groups is 1. The molecule has 66 heavy (non-hydrogen) atoms. The lowest BCUT2D eigenvalue weighted by molar-refractivity contribution is 0.102. The van der Waals surface area contributed by atoms with Gasteiger partial charge in [-0.2, -0.15) is 42.1 Å². The van der Waals surface area contributed by atoms with Crippen molar-refractivity contribution in [2.24, 2.45) is 0 Å². The fourth-order valence-electron chi connectivity index (χ4n) is 5.83. The molecule has 0 aliphatic heterocycles. The fourth-order valence-corrected chi connectivity index (χ4v) is 10.9. The van der Waals surface area contributed by atoms with Crippen molar-refractivity contribution in [3.05, 3.63) is 108 Å². The van der Waals surface area contributed by atoms with Crippen LogP contribution in [0.3, 0.4) is 0 Å². The van der Waals surface area contributed by atoms with Crippen LogP contribution in [0, 0.1) is 0 Å². The summed E-state index contributed by atoms with van der Waals surface area (Å²) >= 11 is 5.45. The predicted octanol–water partition coefficient (Wildman–Crippen LogP) is 3.46. The van der Waals surface area contributed by atoms with Gasteiger partial charge < -0.3 is 27.6 Å². The number of aromatic hydroxyl groups is 1. The highest BCUT2D eigenvalue weighted by Gasteiger charge is 2.23. The second kappa shape index (κ2) is 19.6. The number of sulfone groups is 1. The van der Waals surface area contributed by atoms with E-state index in [0.717, 1.165) is 42.5 Å². The summed E-state index contributed by atoms with van der Waals surface area (Å²) in [5.74, 6) is -1.40. The van der Waals surface area contributed by atoms with Gasteiger partial charge in [0.25, 0.3) is 56.5 Å². The summed E-state index contributed by atoms with van der Waals surface area (Å²) in [7, 11) is -26.1. The molecule has 0 atom stereocenters. The van der Waals surface area contributed by atoms with Crippen LogP contribution < -0.4 is 22.5 Å². The average molecular weight is 1060 g/mol. The average Bonchev–Trinajstić information content (AvgIpc) is 3.16. The number of phenolic OH excluding ortho intramolecular Hbond substituents is 1. The molecule has 0 aliphatic carbocycles. The second-order valence-electron chi connectivity index (χ2n) is 13.4. The van der Waals surface area contributed by atoms with Gasteiger partial charge in [-0.1, -0.05) is 30.3 Å². The summed E-state index contributed by atoms with van der Waals surface area (Å²) in [5.41, 5.74) is 16.9. The van der Waals surface area contributed by atoms with Gasteiger partial charge in [0.1, 0.15) is 20.4 Å². The van der Waals surface area contributed by atoms with Crippen molar-refractivity contribution in [3.63, 3.8) is 0 Å². The molecule has 0 unspecified atom stereocenters. The minimum Gasteiger partial charge on any atom is -0.507 e. The minimum atomic E-state index is -4.62. The molecule has 30 heteroatoms. The van der Waals surface area contributed by atoms with Crippen molar-refractivity contribution in [1.29, 1.82) is 0 Å². The van der Waals surface area contributed by atoms with Crippen LogP contribution in [0.5, 0.6) is 5.75 Å². The number of nitrogen functional groups attached to an aromatic ring is 3. The Labute approximate surface area is 381 Å². The first kappa shape index (κ1) is 52.9. The molecule has 13 N–H and O–H groups in total. The number of nitrogens with two attached hydrogens (primary N) is 3. The van der Waals surface area contributed by atoms with Crippen LogP contribution in [0.4, 0.5) is 22.7 Å². The molecule has 0 aromatic heterocycles. The van der Waals surface area contributed by atoms with Crippen molar-refractivity contribution in [3.8, 4) is 5.75 Å². The number of amides is 1. The van der Waals surface area contributed by atoms with E-state index < -0.39 is 96.6 Å². The highest BCUT2D eigenvalue weighted by atomic mass is 35.5. The highest BCUT2D eigenvalue weighted by molar-refractivity contribution is 7.90. The maximum atomic E-state index is 12.3. The largest absolute Gasteiger partial charge is 0.507 e. The zero-order valence-electron chi connectivity index (χ0n) is 32.9. The number of carbonyl (C=O) groups excluding carboxylic acids is 1. The molecular formula is C36H35ClN4O19S6. The number of hydrogen-bond donors (Lipinski definition) is 10. The topological polar surface area (TPSA) is 433 Å². The van der Waals surface area contributed by atoms with Crippen LogP contribution in [0.2, 0.25) is 0 Å². The van der Waals surface area contributed by atoms with Gasteiger partial charge in [-0.3, -0.25) is 27.6 Å². The first-order chi connectivity index (χ1) is 30.1. The van der Waals surface area contributed by atoms with Gasteiger partial charge in [-0.25, -0.2) is 8.42 Å². The van der Waals surface area contributed by atoms with Crippen LogP contribution >= 0.6 is 11.6 Å². The van der Waals surface area contributed by atoms with Gasteiger partial charge in [-0.05, 0) is 71.6 Å².